The minimum Gasteiger partial charge on any atom is -0.491 e. The summed E-state index contributed by atoms with van der Waals surface area (Å²) in [4.78, 5) is 0. The molecule has 0 unspecified atom stereocenters. The van der Waals surface area contributed by atoms with Crippen molar-refractivity contribution in [3.63, 3.8) is 0 Å². The second kappa shape index (κ2) is 7.25. The first-order valence-corrected chi connectivity index (χ1v) is 5.67. The van der Waals surface area contributed by atoms with E-state index in [9.17, 15) is 0 Å². The number of benzene rings is 1. The second-order valence-corrected chi connectivity index (χ2v) is 3.85. The van der Waals surface area contributed by atoms with E-state index in [0.29, 0.717) is 19.6 Å². The van der Waals surface area contributed by atoms with Gasteiger partial charge in [-0.05, 0) is 31.9 Å². The topological polar surface area (TPSA) is 38.7 Å². The molecule has 16 heavy (non-hydrogen) atoms. The third-order valence-electron chi connectivity index (χ3n) is 2.15. The summed E-state index contributed by atoms with van der Waals surface area (Å²) in [7, 11) is 0. The van der Waals surface area contributed by atoms with Crippen LogP contribution in [0.1, 0.15) is 19.4 Å². The van der Waals surface area contributed by atoms with E-state index < -0.39 is 0 Å². The number of aliphatic hydroxyl groups excluding tert-OH is 1. The molecule has 0 spiro atoms. The molecule has 0 heterocycles. The number of rotatable bonds is 7. The van der Waals surface area contributed by atoms with Gasteiger partial charge in [-0.15, -0.1) is 0 Å². The molecule has 0 aliphatic carbocycles. The van der Waals surface area contributed by atoms with E-state index in [1.165, 1.54) is 0 Å². The van der Waals surface area contributed by atoms with Gasteiger partial charge >= 0.3 is 0 Å². The van der Waals surface area contributed by atoms with Crippen LogP contribution in [0.4, 0.5) is 0 Å². The molecule has 0 aliphatic heterocycles. The van der Waals surface area contributed by atoms with E-state index in [2.05, 4.69) is 0 Å². The average molecular weight is 224 g/mol. The molecule has 1 aromatic rings. The normalized spacial score (nSPS) is 10.8. The Hall–Kier alpha value is -1.06. The van der Waals surface area contributed by atoms with Crippen molar-refractivity contribution in [2.75, 3.05) is 19.8 Å². The predicted octanol–water partition coefficient (Wildman–Crippen LogP) is 2.03. The first kappa shape index (κ1) is 13.0. The third-order valence-corrected chi connectivity index (χ3v) is 2.15. The van der Waals surface area contributed by atoms with Crippen LogP contribution in [-0.2, 0) is 11.2 Å². The van der Waals surface area contributed by atoms with Gasteiger partial charge in [0.1, 0.15) is 12.4 Å². The molecule has 1 rings (SSSR count). The maximum atomic E-state index is 8.91. The summed E-state index contributed by atoms with van der Waals surface area (Å²) in [6.07, 6.45) is 0.859. The van der Waals surface area contributed by atoms with E-state index in [1.807, 2.05) is 38.1 Å². The van der Waals surface area contributed by atoms with Crippen LogP contribution in [-0.4, -0.2) is 31.0 Å². The van der Waals surface area contributed by atoms with Gasteiger partial charge in [-0.2, -0.15) is 0 Å². The van der Waals surface area contributed by atoms with Crippen LogP contribution in [0.25, 0.3) is 0 Å². The van der Waals surface area contributed by atoms with E-state index in [-0.39, 0.29) is 12.7 Å². The van der Waals surface area contributed by atoms with Gasteiger partial charge < -0.3 is 14.6 Å². The Bertz CT molecular complexity index is 297. The molecule has 3 heteroatoms. The largest absolute Gasteiger partial charge is 0.491 e. The molecule has 0 bridgehead atoms. The van der Waals surface area contributed by atoms with E-state index in [4.69, 9.17) is 14.6 Å². The highest BCUT2D eigenvalue weighted by molar-refractivity contribution is 5.33. The Labute approximate surface area is 97.0 Å². The number of aliphatic hydroxyl groups is 1. The summed E-state index contributed by atoms with van der Waals surface area (Å²) in [5.74, 6) is 0.837. The van der Waals surface area contributed by atoms with Crippen molar-refractivity contribution in [1.29, 1.82) is 0 Å². The molecule has 0 atom stereocenters. The molecular weight excluding hydrogens is 204 g/mol. The van der Waals surface area contributed by atoms with Gasteiger partial charge in [0, 0.05) is 6.61 Å². The SMILES string of the molecule is CC(C)OCCOc1ccccc1CCO. The van der Waals surface area contributed by atoms with Gasteiger partial charge in [-0.25, -0.2) is 0 Å². The quantitative estimate of drug-likeness (QED) is 0.720. The fraction of sp³-hybridized carbons (Fsp3) is 0.538. The smallest absolute Gasteiger partial charge is 0.122 e. The molecule has 0 aliphatic rings. The zero-order valence-corrected chi connectivity index (χ0v) is 9.98. The van der Waals surface area contributed by atoms with Crippen LogP contribution in [0, 0.1) is 0 Å². The monoisotopic (exact) mass is 224 g/mol. The van der Waals surface area contributed by atoms with Crippen molar-refractivity contribution < 1.29 is 14.6 Å². The van der Waals surface area contributed by atoms with Gasteiger partial charge in [-0.1, -0.05) is 18.2 Å². The molecule has 3 nitrogen and oxygen atoms in total. The lowest BCUT2D eigenvalue weighted by Crippen LogP contribution is -2.12. The summed E-state index contributed by atoms with van der Waals surface area (Å²) in [5, 5.41) is 8.91. The third kappa shape index (κ3) is 4.64. The Balaban J connectivity index is 2.40. The number of hydrogen-bond acceptors (Lipinski definition) is 3. The van der Waals surface area contributed by atoms with Crippen LogP contribution >= 0.6 is 0 Å². The number of hydrogen-bond donors (Lipinski definition) is 1. The summed E-state index contributed by atoms with van der Waals surface area (Å²) in [6, 6.07) is 7.76. The molecule has 0 aromatic heterocycles. The number of ether oxygens (including phenoxy) is 2. The van der Waals surface area contributed by atoms with Crippen LogP contribution in [0.3, 0.4) is 0 Å². The van der Waals surface area contributed by atoms with Gasteiger partial charge in [-0.3, -0.25) is 0 Å². The van der Waals surface area contributed by atoms with Gasteiger partial charge in [0.15, 0.2) is 0 Å². The second-order valence-electron chi connectivity index (χ2n) is 3.85. The fourth-order valence-electron chi connectivity index (χ4n) is 1.41. The highest BCUT2D eigenvalue weighted by Crippen LogP contribution is 2.18. The fourth-order valence-corrected chi connectivity index (χ4v) is 1.41. The molecule has 0 fully saturated rings. The van der Waals surface area contributed by atoms with E-state index in [1.54, 1.807) is 0 Å². The standard InChI is InChI=1S/C13H20O3/c1-11(2)15-9-10-16-13-6-4-3-5-12(13)7-8-14/h3-6,11,14H,7-10H2,1-2H3. The van der Waals surface area contributed by atoms with Gasteiger partial charge in [0.05, 0.1) is 12.7 Å². The lowest BCUT2D eigenvalue weighted by Gasteiger charge is -2.12. The molecule has 1 N–H and O–H groups in total. The van der Waals surface area contributed by atoms with Crippen molar-refractivity contribution in [3.8, 4) is 5.75 Å². The van der Waals surface area contributed by atoms with Gasteiger partial charge in [0.2, 0.25) is 0 Å². The zero-order chi connectivity index (χ0) is 11.8. The van der Waals surface area contributed by atoms with Crippen molar-refractivity contribution in [2.45, 2.75) is 26.4 Å². The molecular formula is C13H20O3. The minimum atomic E-state index is 0.142. The van der Waals surface area contributed by atoms with Crippen LogP contribution in [0.15, 0.2) is 24.3 Å². The highest BCUT2D eigenvalue weighted by Gasteiger charge is 2.02. The van der Waals surface area contributed by atoms with Gasteiger partial charge in [0.25, 0.3) is 0 Å². The maximum Gasteiger partial charge on any atom is 0.122 e. The first-order valence-electron chi connectivity index (χ1n) is 5.67. The zero-order valence-electron chi connectivity index (χ0n) is 9.98. The van der Waals surface area contributed by atoms with Crippen molar-refractivity contribution in [1.82, 2.24) is 0 Å². The molecule has 0 amide bonds. The minimum absolute atomic E-state index is 0.142. The van der Waals surface area contributed by atoms with Crippen LogP contribution in [0.2, 0.25) is 0 Å². The van der Waals surface area contributed by atoms with Crippen molar-refractivity contribution >= 4 is 0 Å². The Morgan fingerprint density at radius 3 is 2.62 bits per heavy atom. The summed E-state index contributed by atoms with van der Waals surface area (Å²) in [5.41, 5.74) is 1.04. The summed E-state index contributed by atoms with van der Waals surface area (Å²) in [6.45, 7) is 5.27. The Kier molecular flexibility index (Phi) is 5.90. The average Bonchev–Trinajstić information content (AvgIpc) is 2.26. The van der Waals surface area contributed by atoms with Crippen LogP contribution in [0.5, 0.6) is 5.75 Å². The molecule has 0 radical (unpaired) electrons. The number of para-hydroxylation sites is 1. The summed E-state index contributed by atoms with van der Waals surface area (Å²) >= 11 is 0. The van der Waals surface area contributed by atoms with Crippen molar-refractivity contribution in [3.05, 3.63) is 29.8 Å². The van der Waals surface area contributed by atoms with Crippen molar-refractivity contribution in [2.24, 2.45) is 0 Å². The summed E-state index contributed by atoms with van der Waals surface area (Å²) < 4.78 is 11.0. The molecule has 90 valence electrons. The Morgan fingerprint density at radius 2 is 1.94 bits per heavy atom. The lowest BCUT2D eigenvalue weighted by molar-refractivity contribution is 0.0550. The lowest BCUT2D eigenvalue weighted by atomic mass is 10.1. The van der Waals surface area contributed by atoms with E-state index >= 15 is 0 Å². The Morgan fingerprint density at radius 1 is 1.19 bits per heavy atom. The predicted molar refractivity (Wildman–Crippen MR) is 63.8 cm³/mol. The maximum absolute atomic E-state index is 8.91. The first-order chi connectivity index (χ1) is 7.74. The molecule has 0 saturated carbocycles. The molecule has 0 saturated heterocycles. The highest BCUT2D eigenvalue weighted by atomic mass is 16.5. The van der Waals surface area contributed by atoms with E-state index in [0.717, 1.165) is 11.3 Å². The molecule has 1 aromatic carbocycles. The van der Waals surface area contributed by atoms with Crippen LogP contribution < -0.4 is 4.74 Å².